The molecular formula is C14H17IN2O4. The third-order valence-corrected chi connectivity index (χ3v) is 3.01. The molecule has 0 fully saturated rings. The second-order valence-electron chi connectivity index (χ2n) is 4.39. The Bertz CT molecular complexity index is 546. The number of carbonyl (C=O) groups excluding carboxylic acids is 1. The Balaban J connectivity index is 2.48. The number of carboxylic acid groups (broad SMARTS) is 1. The van der Waals surface area contributed by atoms with E-state index in [0.717, 1.165) is 9.14 Å². The first-order valence-electron chi connectivity index (χ1n) is 6.20. The van der Waals surface area contributed by atoms with Gasteiger partial charge in [0.15, 0.2) is 0 Å². The molecule has 0 aliphatic heterocycles. The molecule has 6 nitrogen and oxygen atoms in total. The van der Waals surface area contributed by atoms with Crippen molar-refractivity contribution < 1.29 is 19.4 Å². The van der Waals surface area contributed by atoms with E-state index in [2.05, 4.69) is 17.2 Å². The zero-order valence-corrected chi connectivity index (χ0v) is 13.8. The molecule has 0 saturated heterocycles. The second-order valence-corrected chi connectivity index (χ2v) is 5.63. The standard InChI is InChI=1S/C14H17IN2O4/c1-9(2)8-21-6-5-16-14(20)17-12-4-3-10(15)7-11(12)13(18)19/h3-4,7H,1,5-6,8H2,2H3,(H,18,19)(H2,16,17,20). The maximum absolute atomic E-state index is 11.7. The van der Waals surface area contributed by atoms with Crippen LogP contribution in [0.1, 0.15) is 17.3 Å². The van der Waals surface area contributed by atoms with Crippen LogP contribution in [0.3, 0.4) is 0 Å². The number of urea groups is 1. The fourth-order valence-corrected chi connectivity index (χ4v) is 1.94. The Kier molecular flexibility index (Phi) is 7.17. The molecule has 1 rings (SSSR count). The predicted molar refractivity (Wildman–Crippen MR) is 88.8 cm³/mol. The smallest absolute Gasteiger partial charge is 0.337 e. The van der Waals surface area contributed by atoms with Crippen LogP contribution in [-0.2, 0) is 4.74 Å². The van der Waals surface area contributed by atoms with Crippen molar-refractivity contribution in [2.75, 3.05) is 25.1 Å². The minimum Gasteiger partial charge on any atom is -0.478 e. The Labute approximate surface area is 136 Å². The monoisotopic (exact) mass is 404 g/mol. The van der Waals surface area contributed by atoms with Crippen molar-refractivity contribution in [3.05, 3.63) is 39.5 Å². The van der Waals surface area contributed by atoms with Crippen LogP contribution in [0.5, 0.6) is 0 Å². The molecule has 2 amide bonds. The van der Waals surface area contributed by atoms with E-state index in [1.54, 1.807) is 12.1 Å². The number of carboxylic acids is 1. The first kappa shape index (κ1) is 17.4. The van der Waals surface area contributed by atoms with Crippen molar-refractivity contribution in [2.24, 2.45) is 0 Å². The van der Waals surface area contributed by atoms with Crippen molar-refractivity contribution in [3.63, 3.8) is 0 Å². The number of rotatable bonds is 7. The highest BCUT2D eigenvalue weighted by Crippen LogP contribution is 2.18. The van der Waals surface area contributed by atoms with Crippen molar-refractivity contribution in [2.45, 2.75) is 6.92 Å². The van der Waals surface area contributed by atoms with Gasteiger partial charge in [0.1, 0.15) is 0 Å². The zero-order valence-electron chi connectivity index (χ0n) is 11.6. The normalized spacial score (nSPS) is 10.0. The number of benzene rings is 1. The van der Waals surface area contributed by atoms with Gasteiger partial charge in [-0.3, -0.25) is 0 Å². The summed E-state index contributed by atoms with van der Waals surface area (Å²) in [6.45, 7) is 6.68. The number of amides is 2. The van der Waals surface area contributed by atoms with Gasteiger partial charge in [0.25, 0.3) is 0 Å². The maximum atomic E-state index is 11.7. The molecule has 0 radical (unpaired) electrons. The van der Waals surface area contributed by atoms with Gasteiger partial charge >= 0.3 is 12.0 Å². The average Bonchev–Trinajstić information content (AvgIpc) is 2.39. The number of aromatic carboxylic acids is 1. The fraction of sp³-hybridized carbons (Fsp3) is 0.286. The summed E-state index contributed by atoms with van der Waals surface area (Å²) >= 11 is 2.01. The van der Waals surface area contributed by atoms with Gasteiger partial charge in [0.2, 0.25) is 0 Å². The van der Waals surface area contributed by atoms with Gasteiger partial charge in [-0.05, 0) is 47.7 Å². The summed E-state index contributed by atoms with van der Waals surface area (Å²) < 4.78 is 6.02. The van der Waals surface area contributed by atoms with E-state index in [0.29, 0.717) is 19.8 Å². The molecule has 114 valence electrons. The van der Waals surface area contributed by atoms with E-state index >= 15 is 0 Å². The van der Waals surface area contributed by atoms with Crippen LogP contribution in [0.15, 0.2) is 30.4 Å². The Morgan fingerprint density at radius 2 is 2.14 bits per heavy atom. The van der Waals surface area contributed by atoms with Crippen molar-refractivity contribution >= 4 is 40.3 Å². The summed E-state index contributed by atoms with van der Waals surface area (Å²) in [5, 5.41) is 14.2. The molecule has 3 N–H and O–H groups in total. The van der Waals surface area contributed by atoms with E-state index in [1.807, 2.05) is 29.5 Å². The topological polar surface area (TPSA) is 87.7 Å². The van der Waals surface area contributed by atoms with E-state index < -0.39 is 12.0 Å². The number of hydrogen-bond donors (Lipinski definition) is 3. The lowest BCUT2D eigenvalue weighted by Gasteiger charge is -2.10. The highest BCUT2D eigenvalue weighted by molar-refractivity contribution is 14.1. The van der Waals surface area contributed by atoms with Crippen LogP contribution in [0.2, 0.25) is 0 Å². The molecule has 0 bridgehead atoms. The van der Waals surface area contributed by atoms with Crippen molar-refractivity contribution in [3.8, 4) is 0 Å². The Morgan fingerprint density at radius 3 is 2.76 bits per heavy atom. The van der Waals surface area contributed by atoms with E-state index in [4.69, 9.17) is 9.84 Å². The average molecular weight is 404 g/mol. The SMILES string of the molecule is C=C(C)COCCNC(=O)Nc1ccc(I)cc1C(=O)O. The lowest BCUT2D eigenvalue weighted by atomic mass is 10.2. The van der Waals surface area contributed by atoms with E-state index in [9.17, 15) is 9.59 Å². The summed E-state index contributed by atoms with van der Waals surface area (Å²) in [5.41, 5.74) is 1.21. The molecule has 1 aromatic rings. The van der Waals surface area contributed by atoms with Crippen LogP contribution < -0.4 is 10.6 Å². The zero-order chi connectivity index (χ0) is 15.8. The lowest BCUT2D eigenvalue weighted by molar-refractivity contribution is 0.0698. The van der Waals surface area contributed by atoms with Gasteiger partial charge in [-0.15, -0.1) is 0 Å². The predicted octanol–water partition coefficient (Wildman–Crippen LogP) is 2.70. The third-order valence-electron chi connectivity index (χ3n) is 2.34. The second kappa shape index (κ2) is 8.63. The molecule has 0 aliphatic carbocycles. The number of halogens is 1. The third kappa shape index (κ3) is 6.58. The molecule has 1 aromatic carbocycles. The summed E-state index contributed by atoms with van der Waals surface area (Å²) in [6, 6.07) is 4.30. The van der Waals surface area contributed by atoms with E-state index in [-0.39, 0.29) is 11.3 Å². The van der Waals surface area contributed by atoms with Gasteiger partial charge < -0.3 is 20.5 Å². The summed E-state index contributed by atoms with van der Waals surface area (Å²) in [6.07, 6.45) is 0. The lowest BCUT2D eigenvalue weighted by Crippen LogP contribution is -2.32. The van der Waals surface area contributed by atoms with Gasteiger partial charge in [-0.2, -0.15) is 0 Å². The summed E-state index contributed by atoms with van der Waals surface area (Å²) in [5.74, 6) is -1.09. The van der Waals surface area contributed by atoms with Gasteiger partial charge in [0.05, 0.1) is 24.5 Å². The summed E-state index contributed by atoms with van der Waals surface area (Å²) in [7, 11) is 0. The largest absolute Gasteiger partial charge is 0.478 e. The molecule has 0 atom stereocenters. The van der Waals surface area contributed by atoms with Crippen LogP contribution in [0, 0.1) is 3.57 Å². The number of ether oxygens (including phenoxy) is 1. The highest BCUT2D eigenvalue weighted by atomic mass is 127. The van der Waals surface area contributed by atoms with Gasteiger partial charge in [0, 0.05) is 10.1 Å². The molecule has 0 spiro atoms. The van der Waals surface area contributed by atoms with E-state index in [1.165, 1.54) is 6.07 Å². The molecular weight excluding hydrogens is 387 g/mol. The minimum absolute atomic E-state index is 0.0515. The Morgan fingerprint density at radius 1 is 1.43 bits per heavy atom. The molecule has 0 aliphatic rings. The van der Waals surface area contributed by atoms with Crippen LogP contribution >= 0.6 is 22.6 Å². The van der Waals surface area contributed by atoms with Gasteiger partial charge in [-0.25, -0.2) is 9.59 Å². The molecule has 0 saturated carbocycles. The number of anilines is 1. The molecule has 0 unspecified atom stereocenters. The Hall–Kier alpha value is -1.61. The van der Waals surface area contributed by atoms with Crippen LogP contribution in [-0.4, -0.2) is 36.9 Å². The van der Waals surface area contributed by atoms with Crippen LogP contribution in [0.4, 0.5) is 10.5 Å². The molecule has 7 heteroatoms. The summed E-state index contributed by atoms with van der Waals surface area (Å²) in [4.78, 5) is 22.8. The van der Waals surface area contributed by atoms with Crippen LogP contribution in [0.25, 0.3) is 0 Å². The molecule has 0 heterocycles. The van der Waals surface area contributed by atoms with Crippen molar-refractivity contribution in [1.29, 1.82) is 0 Å². The highest BCUT2D eigenvalue weighted by Gasteiger charge is 2.12. The first-order valence-corrected chi connectivity index (χ1v) is 7.28. The van der Waals surface area contributed by atoms with Crippen molar-refractivity contribution in [1.82, 2.24) is 5.32 Å². The number of hydrogen-bond acceptors (Lipinski definition) is 3. The minimum atomic E-state index is -1.09. The fourth-order valence-electron chi connectivity index (χ4n) is 1.45. The molecule has 0 aromatic heterocycles. The molecule has 21 heavy (non-hydrogen) atoms. The number of carbonyl (C=O) groups is 2. The quantitative estimate of drug-likeness (QED) is 0.371. The van der Waals surface area contributed by atoms with Gasteiger partial charge in [-0.1, -0.05) is 12.2 Å². The maximum Gasteiger partial charge on any atom is 0.337 e. The first-order chi connectivity index (χ1) is 9.90. The number of nitrogens with one attached hydrogen (secondary N) is 2.